The van der Waals surface area contributed by atoms with Gasteiger partial charge >= 0.3 is 0 Å². The number of aryl methyl sites for hydroxylation is 1. The maximum absolute atomic E-state index is 11.1. The summed E-state index contributed by atoms with van der Waals surface area (Å²) in [5.74, 6) is 7.28. The Kier molecular flexibility index (Phi) is 5.94. The summed E-state index contributed by atoms with van der Waals surface area (Å²) in [5.41, 5.74) is 3.79. The van der Waals surface area contributed by atoms with Gasteiger partial charge < -0.3 is 10.6 Å². The Bertz CT molecular complexity index is 903. The topological polar surface area (TPSA) is 57.3 Å². The lowest BCUT2D eigenvalue weighted by atomic mass is 9.96. The summed E-state index contributed by atoms with van der Waals surface area (Å²) in [6, 6.07) is 6.58. The van der Waals surface area contributed by atoms with Gasteiger partial charge in [-0.25, -0.2) is 4.98 Å². The molecule has 0 unspecified atom stereocenters. The number of fused-ring (bicyclic) bond motifs is 1. The number of hydrogen-bond acceptors (Lipinski definition) is 5. The maximum Gasteiger partial charge on any atom is 0.223 e. The predicted molar refractivity (Wildman–Crippen MR) is 115 cm³/mol. The number of carbonyl (C=O) groups is 1. The molecule has 0 spiro atoms. The largest absolute Gasteiger partial charge is 0.385 e. The zero-order valence-electron chi connectivity index (χ0n) is 16.3. The van der Waals surface area contributed by atoms with Crippen LogP contribution in [-0.2, 0) is 17.8 Å². The molecule has 1 saturated heterocycles. The molecule has 146 valence electrons. The number of benzene rings is 1. The van der Waals surface area contributed by atoms with E-state index >= 15 is 0 Å². The van der Waals surface area contributed by atoms with Gasteiger partial charge in [0.1, 0.15) is 0 Å². The quantitative estimate of drug-likeness (QED) is 0.779. The monoisotopic (exact) mass is 394 g/mol. The van der Waals surface area contributed by atoms with Crippen LogP contribution in [0, 0.1) is 17.8 Å². The molecule has 1 amide bonds. The third-order valence-corrected chi connectivity index (χ3v) is 6.17. The van der Waals surface area contributed by atoms with Crippen molar-refractivity contribution in [2.24, 2.45) is 5.92 Å². The van der Waals surface area contributed by atoms with Gasteiger partial charge in [0.2, 0.25) is 5.91 Å². The molecule has 4 rings (SSSR count). The third-order valence-electron chi connectivity index (χ3n) is 5.27. The minimum Gasteiger partial charge on any atom is -0.385 e. The number of nitrogens with one attached hydrogen (secondary N) is 2. The number of hydrogen-bond donors (Lipinski definition) is 2. The minimum absolute atomic E-state index is 0.0741. The summed E-state index contributed by atoms with van der Waals surface area (Å²) in [6.45, 7) is 5.58. The zero-order chi connectivity index (χ0) is 19.3. The predicted octanol–water partition coefficient (Wildman–Crippen LogP) is 3.72. The van der Waals surface area contributed by atoms with E-state index < -0.39 is 0 Å². The lowest BCUT2D eigenvalue weighted by Gasteiger charge is -2.29. The Morgan fingerprint density at radius 2 is 2.25 bits per heavy atom. The van der Waals surface area contributed by atoms with E-state index in [1.165, 1.54) is 35.9 Å². The summed E-state index contributed by atoms with van der Waals surface area (Å²) in [6.07, 6.45) is 6.46. The highest BCUT2D eigenvalue weighted by molar-refractivity contribution is 7.15. The van der Waals surface area contributed by atoms with E-state index in [1.807, 2.05) is 6.20 Å². The van der Waals surface area contributed by atoms with Gasteiger partial charge in [0, 0.05) is 48.3 Å². The van der Waals surface area contributed by atoms with E-state index in [9.17, 15) is 4.79 Å². The summed E-state index contributed by atoms with van der Waals surface area (Å²) < 4.78 is 0. The molecule has 2 aliphatic heterocycles. The number of anilines is 2. The first kappa shape index (κ1) is 19.0. The van der Waals surface area contributed by atoms with Crippen molar-refractivity contribution >= 4 is 28.1 Å². The second-order valence-corrected chi connectivity index (χ2v) is 8.65. The van der Waals surface area contributed by atoms with Crippen molar-refractivity contribution in [1.82, 2.24) is 9.88 Å². The van der Waals surface area contributed by atoms with Crippen molar-refractivity contribution in [3.8, 4) is 11.8 Å². The van der Waals surface area contributed by atoms with Gasteiger partial charge in [0.15, 0.2) is 5.13 Å². The van der Waals surface area contributed by atoms with E-state index in [0.717, 1.165) is 44.6 Å². The first-order chi connectivity index (χ1) is 13.7. The van der Waals surface area contributed by atoms with Gasteiger partial charge in [-0.05, 0) is 56.5 Å². The Morgan fingerprint density at radius 1 is 1.39 bits per heavy atom. The van der Waals surface area contributed by atoms with E-state index in [-0.39, 0.29) is 5.91 Å². The van der Waals surface area contributed by atoms with Crippen LogP contribution in [0.5, 0.6) is 0 Å². The Balaban J connectivity index is 1.28. The van der Waals surface area contributed by atoms with Gasteiger partial charge in [0.25, 0.3) is 0 Å². The second-order valence-electron chi connectivity index (χ2n) is 7.53. The molecule has 1 aromatic carbocycles. The first-order valence-electron chi connectivity index (χ1n) is 9.99. The SMILES string of the molecule is CC(=O)Nc1ncc(CN2CCC(C#Cc3ccc4c(c3)NCCC4)CC2)s1. The molecule has 5 nitrogen and oxygen atoms in total. The van der Waals surface area contributed by atoms with E-state index in [4.69, 9.17) is 0 Å². The van der Waals surface area contributed by atoms with Crippen LogP contribution in [-0.4, -0.2) is 35.4 Å². The summed E-state index contributed by atoms with van der Waals surface area (Å²) in [4.78, 5) is 19.0. The van der Waals surface area contributed by atoms with Crippen molar-refractivity contribution in [1.29, 1.82) is 0 Å². The third kappa shape index (κ3) is 4.92. The molecule has 28 heavy (non-hydrogen) atoms. The molecule has 1 fully saturated rings. The Morgan fingerprint density at radius 3 is 3.07 bits per heavy atom. The number of aromatic nitrogens is 1. The van der Waals surface area contributed by atoms with Crippen molar-refractivity contribution in [2.75, 3.05) is 30.3 Å². The fourth-order valence-electron chi connectivity index (χ4n) is 3.77. The fourth-order valence-corrected chi connectivity index (χ4v) is 4.67. The van der Waals surface area contributed by atoms with Crippen LogP contribution in [0.4, 0.5) is 10.8 Å². The molecule has 0 aliphatic carbocycles. The van der Waals surface area contributed by atoms with E-state index in [2.05, 4.69) is 50.6 Å². The molecule has 2 aromatic rings. The van der Waals surface area contributed by atoms with Gasteiger partial charge in [0.05, 0.1) is 0 Å². The highest BCUT2D eigenvalue weighted by atomic mass is 32.1. The molecule has 3 heterocycles. The van der Waals surface area contributed by atoms with Crippen LogP contribution in [0.15, 0.2) is 24.4 Å². The second kappa shape index (κ2) is 8.76. The molecular formula is C22H26N4OS. The molecule has 2 N–H and O–H groups in total. The zero-order valence-corrected chi connectivity index (χ0v) is 17.1. The molecule has 2 aliphatic rings. The number of thiazole rings is 1. The summed E-state index contributed by atoms with van der Waals surface area (Å²) in [7, 11) is 0. The van der Waals surface area contributed by atoms with Gasteiger partial charge in [-0.1, -0.05) is 17.9 Å². The first-order valence-corrected chi connectivity index (χ1v) is 10.8. The van der Waals surface area contributed by atoms with Gasteiger partial charge in [-0.3, -0.25) is 9.69 Å². The molecule has 0 radical (unpaired) electrons. The molecule has 0 saturated carbocycles. The van der Waals surface area contributed by atoms with Crippen molar-refractivity contribution in [3.05, 3.63) is 40.4 Å². The van der Waals surface area contributed by atoms with Crippen molar-refractivity contribution < 1.29 is 4.79 Å². The summed E-state index contributed by atoms with van der Waals surface area (Å²) in [5, 5.41) is 6.91. The molecule has 6 heteroatoms. The lowest BCUT2D eigenvalue weighted by molar-refractivity contribution is -0.114. The number of amides is 1. The average molecular weight is 395 g/mol. The smallest absolute Gasteiger partial charge is 0.223 e. The summed E-state index contributed by atoms with van der Waals surface area (Å²) >= 11 is 1.56. The van der Waals surface area contributed by atoms with Crippen LogP contribution < -0.4 is 10.6 Å². The highest BCUT2D eigenvalue weighted by Crippen LogP contribution is 2.24. The molecule has 1 aromatic heterocycles. The molecule has 0 atom stereocenters. The minimum atomic E-state index is -0.0741. The normalized spacial score (nSPS) is 17.2. The fraction of sp³-hybridized carbons (Fsp3) is 0.455. The molecule has 0 bridgehead atoms. The highest BCUT2D eigenvalue weighted by Gasteiger charge is 2.18. The number of rotatable bonds is 3. The van der Waals surface area contributed by atoms with Crippen LogP contribution in [0.3, 0.4) is 0 Å². The molecular weight excluding hydrogens is 368 g/mol. The van der Waals surface area contributed by atoms with Crippen molar-refractivity contribution in [3.63, 3.8) is 0 Å². The number of piperidine rings is 1. The van der Waals surface area contributed by atoms with Crippen LogP contribution in [0.2, 0.25) is 0 Å². The van der Waals surface area contributed by atoms with Gasteiger partial charge in [-0.2, -0.15) is 0 Å². The van der Waals surface area contributed by atoms with E-state index in [0.29, 0.717) is 11.0 Å². The van der Waals surface area contributed by atoms with E-state index in [1.54, 1.807) is 11.3 Å². The Hall–Kier alpha value is -2.36. The van der Waals surface area contributed by atoms with Crippen molar-refractivity contribution in [2.45, 2.75) is 39.2 Å². The van der Waals surface area contributed by atoms with Crippen LogP contribution >= 0.6 is 11.3 Å². The number of nitrogens with zero attached hydrogens (tertiary/aromatic N) is 2. The number of likely N-dealkylation sites (tertiary alicyclic amines) is 1. The average Bonchev–Trinajstić information content (AvgIpc) is 3.13. The van der Waals surface area contributed by atoms with Crippen LogP contribution in [0.1, 0.15) is 42.2 Å². The van der Waals surface area contributed by atoms with Gasteiger partial charge in [-0.15, -0.1) is 11.3 Å². The van der Waals surface area contributed by atoms with Crippen LogP contribution in [0.25, 0.3) is 0 Å². The number of carbonyl (C=O) groups excluding carboxylic acids is 1. The lowest BCUT2D eigenvalue weighted by Crippen LogP contribution is -2.32. The maximum atomic E-state index is 11.1. The Labute approximate surface area is 170 Å². The standard InChI is InChI=1S/C22H26N4OS/c1-16(27)25-22-24-14-20(28-22)15-26-11-8-17(9-12-26)4-5-18-6-7-19-3-2-10-23-21(19)13-18/h6-7,13-14,17,23H,2-3,8-12,15H2,1H3,(H,24,25,27).